The van der Waals surface area contributed by atoms with Crippen molar-refractivity contribution in [3.8, 4) is 26.8 Å². The molecule has 0 bridgehead atoms. The van der Waals surface area contributed by atoms with Crippen molar-refractivity contribution in [2.24, 2.45) is 0 Å². The van der Waals surface area contributed by atoms with Gasteiger partial charge in [0, 0.05) is 5.56 Å². The largest absolute Gasteiger partial charge is 0.494 e. The van der Waals surface area contributed by atoms with Crippen LogP contribution in [0.4, 0.5) is 5.13 Å². The first kappa shape index (κ1) is 20.3. The van der Waals surface area contributed by atoms with E-state index in [2.05, 4.69) is 30.4 Å². The summed E-state index contributed by atoms with van der Waals surface area (Å²) >= 11 is 3.13. The number of anilines is 1. The summed E-state index contributed by atoms with van der Waals surface area (Å²) in [6, 6.07) is 21.4. The molecule has 2 aromatic carbocycles. The van der Waals surface area contributed by atoms with Gasteiger partial charge in [-0.05, 0) is 47.7 Å². The van der Waals surface area contributed by atoms with Crippen LogP contribution in [0, 0.1) is 0 Å². The van der Waals surface area contributed by atoms with Crippen LogP contribution in [-0.4, -0.2) is 17.5 Å². The van der Waals surface area contributed by atoms with Crippen LogP contribution >= 0.6 is 22.7 Å². The lowest BCUT2D eigenvalue weighted by atomic mass is 10.1. The van der Waals surface area contributed by atoms with Gasteiger partial charge in [-0.15, -0.1) is 11.3 Å². The van der Waals surface area contributed by atoms with Gasteiger partial charge in [-0.2, -0.15) is 0 Å². The summed E-state index contributed by atoms with van der Waals surface area (Å²) in [4.78, 5) is 19.6. The van der Waals surface area contributed by atoms with Crippen molar-refractivity contribution in [2.45, 2.75) is 19.8 Å². The fraction of sp³-hybridized carbons (Fsp3) is 0.167. The summed E-state index contributed by atoms with van der Waals surface area (Å²) in [7, 11) is 0. The lowest BCUT2D eigenvalue weighted by molar-refractivity contribution is 0.102. The second-order valence-corrected chi connectivity index (χ2v) is 8.67. The van der Waals surface area contributed by atoms with Crippen molar-refractivity contribution >= 4 is 33.7 Å². The number of hydrogen-bond acceptors (Lipinski definition) is 5. The summed E-state index contributed by atoms with van der Waals surface area (Å²) in [5, 5.41) is 5.58. The van der Waals surface area contributed by atoms with Crippen LogP contribution in [0.2, 0.25) is 0 Å². The monoisotopic (exact) mass is 434 g/mol. The molecular weight excluding hydrogens is 412 g/mol. The van der Waals surface area contributed by atoms with E-state index < -0.39 is 0 Å². The van der Waals surface area contributed by atoms with E-state index in [4.69, 9.17) is 9.72 Å². The highest BCUT2D eigenvalue weighted by atomic mass is 32.1. The van der Waals surface area contributed by atoms with Crippen molar-refractivity contribution in [1.29, 1.82) is 0 Å². The molecule has 2 heterocycles. The molecule has 0 spiro atoms. The third-order valence-electron chi connectivity index (χ3n) is 4.52. The zero-order valence-electron chi connectivity index (χ0n) is 16.6. The summed E-state index contributed by atoms with van der Waals surface area (Å²) in [5.74, 6) is 0.599. The standard InChI is InChI=1S/C24H22N2O2S2/c1-2-3-15-28-19-13-11-18(12-14-19)23(27)26-24-25-21(20-10-7-16-29-20)22(30-24)17-8-5-4-6-9-17/h4-14,16H,2-3,15H2,1H3,(H,25,26,27). The molecule has 0 aliphatic rings. The fourth-order valence-corrected chi connectivity index (χ4v) is 4.71. The number of nitrogens with one attached hydrogen (secondary N) is 1. The first-order valence-corrected chi connectivity index (χ1v) is 11.6. The average molecular weight is 435 g/mol. The van der Waals surface area contributed by atoms with E-state index in [9.17, 15) is 4.79 Å². The van der Waals surface area contributed by atoms with Crippen molar-refractivity contribution in [2.75, 3.05) is 11.9 Å². The zero-order chi connectivity index (χ0) is 20.8. The Morgan fingerprint density at radius 1 is 1.03 bits per heavy atom. The van der Waals surface area contributed by atoms with Gasteiger partial charge in [0.1, 0.15) is 11.4 Å². The topological polar surface area (TPSA) is 51.2 Å². The number of carbonyl (C=O) groups is 1. The second kappa shape index (κ2) is 9.69. The SMILES string of the molecule is CCCCOc1ccc(C(=O)Nc2nc(-c3cccs3)c(-c3ccccc3)s2)cc1. The van der Waals surface area contributed by atoms with E-state index in [1.54, 1.807) is 23.5 Å². The number of thiophene rings is 1. The molecule has 0 aliphatic carbocycles. The molecule has 152 valence electrons. The minimum absolute atomic E-state index is 0.179. The Morgan fingerprint density at radius 2 is 1.83 bits per heavy atom. The first-order valence-electron chi connectivity index (χ1n) is 9.89. The Kier molecular flexibility index (Phi) is 6.57. The predicted octanol–water partition coefficient (Wildman–Crippen LogP) is 6.97. The molecule has 0 fully saturated rings. The highest BCUT2D eigenvalue weighted by Gasteiger charge is 2.17. The Morgan fingerprint density at radius 3 is 2.53 bits per heavy atom. The maximum Gasteiger partial charge on any atom is 0.257 e. The molecule has 0 radical (unpaired) electrons. The number of amides is 1. The molecule has 0 saturated heterocycles. The number of benzene rings is 2. The summed E-state index contributed by atoms with van der Waals surface area (Å²) in [5.41, 5.74) is 2.57. The van der Waals surface area contributed by atoms with E-state index in [1.807, 2.05) is 41.8 Å². The number of unbranched alkanes of at least 4 members (excludes halogenated alkanes) is 1. The van der Waals surface area contributed by atoms with Crippen LogP contribution in [0.3, 0.4) is 0 Å². The van der Waals surface area contributed by atoms with Crippen LogP contribution in [0.5, 0.6) is 5.75 Å². The first-order chi connectivity index (χ1) is 14.7. The fourth-order valence-electron chi connectivity index (χ4n) is 2.95. The van der Waals surface area contributed by atoms with Crippen LogP contribution < -0.4 is 10.1 Å². The van der Waals surface area contributed by atoms with Gasteiger partial charge in [-0.1, -0.05) is 61.1 Å². The van der Waals surface area contributed by atoms with Gasteiger partial charge in [0.2, 0.25) is 0 Å². The van der Waals surface area contributed by atoms with Gasteiger partial charge in [0.05, 0.1) is 16.4 Å². The minimum atomic E-state index is -0.179. The number of rotatable bonds is 8. The Hall–Kier alpha value is -2.96. The molecule has 0 saturated carbocycles. The van der Waals surface area contributed by atoms with Gasteiger partial charge < -0.3 is 4.74 Å². The van der Waals surface area contributed by atoms with E-state index in [0.29, 0.717) is 17.3 Å². The molecule has 2 aromatic heterocycles. The van der Waals surface area contributed by atoms with Crippen molar-refractivity contribution in [1.82, 2.24) is 4.98 Å². The van der Waals surface area contributed by atoms with Gasteiger partial charge in [0.15, 0.2) is 5.13 Å². The van der Waals surface area contributed by atoms with E-state index in [1.165, 1.54) is 11.3 Å². The van der Waals surface area contributed by atoms with Crippen LogP contribution in [0.25, 0.3) is 21.0 Å². The summed E-state index contributed by atoms with van der Waals surface area (Å²) in [6.07, 6.45) is 2.11. The highest BCUT2D eigenvalue weighted by Crippen LogP contribution is 2.40. The van der Waals surface area contributed by atoms with Gasteiger partial charge in [0.25, 0.3) is 5.91 Å². The quantitative estimate of drug-likeness (QED) is 0.305. The Labute approximate surface area is 184 Å². The maximum absolute atomic E-state index is 12.7. The molecular formula is C24H22N2O2S2. The normalized spacial score (nSPS) is 10.7. The number of thiazole rings is 1. The Bertz CT molecular complexity index is 1090. The molecule has 0 atom stereocenters. The van der Waals surface area contributed by atoms with E-state index >= 15 is 0 Å². The van der Waals surface area contributed by atoms with Gasteiger partial charge in [-0.3, -0.25) is 10.1 Å². The molecule has 0 unspecified atom stereocenters. The second-order valence-electron chi connectivity index (χ2n) is 6.72. The van der Waals surface area contributed by atoms with Crippen molar-refractivity contribution in [3.05, 3.63) is 77.7 Å². The number of carbonyl (C=O) groups excluding carboxylic acids is 1. The summed E-state index contributed by atoms with van der Waals surface area (Å²) in [6.45, 7) is 2.82. The molecule has 4 nitrogen and oxygen atoms in total. The Balaban J connectivity index is 1.54. The molecule has 4 rings (SSSR count). The number of ether oxygens (including phenoxy) is 1. The van der Waals surface area contributed by atoms with Crippen molar-refractivity contribution in [3.63, 3.8) is 0 Å². The van der Waals surface area contributed by atoms with E-state index in [0.717, 1.165) is 39.6 Å². The van der Waals surface area contributed by atoms with E-state index in [-0.39, 0.29) is 5.91 Å². The average Bonchev–Trinajstić information content (AvgIpc) is 3.45. The number of nitrogens with zero attached hydrogens (tertiary/aromatic N) is 1. The molecule has 30 heavy (non-hydrogen) atoms. The van der Waals surface area contributed by atoms with Gasteiger partial charge >= 0.3 is 0 Å². The molecule has 6 heteroatoms. The maximum atomic E-state index is 12.7. The van der Waals surface area contributed by atoms with Crippen molar-refractivity contribution < 1.29 is 9.53 Å². The highest BCUT2D eigenvalue weighted by molar-refractivity contribution is 7.20. The third kappa shape index (κ3) is 4.78. The zero-order valence-corrected chi connectivity index (χ0v) is 18.3. The van der Waals surface area contributed by atoms with Gasteiger partial charge in [-0.25, -0.2) is 4.98 Å². The lowest BCUT2D eigenvalue weighted by Crippen LogP contribution is -2.11. The van der Waals surface area contributed by atoms with Crippen LogP contribution in [-0.2, 0) is 0 Å². The van der Waals surface area contributed by atoms with Crippen LogP contribution in [0.15, 0.2) is 72.1 Å². The third-order valence-corrected chi connectivity index (χ3v) is 6.42. The smallest absolute Gasteiger partial charge is 0.257 e. The molecule has 1 amide bonds. The predicted molar refractivity (Wildman–Crippen MR) is 126 cm³/mol. The molecule has 0 aliphatic heterocycles. The van der Waals surface area contributed by atoms with Crippen LogP contribution in [0.1, 0.15) is 30.1 Å². The molecule has 4 aromatic rings. The summed E-state index contributed by atoms with van der Waals surface area (Å²) < 4.78 is 5.67. The minimum Gasteiger partial charge on any atom is -0.494 e. The number of hydrogen-bond donors (Lipinski definition) is 1. The number of aromatic nitrogens is 1. The molecule has 1 N–H and O–H groups in total. The lowest BCUT2D eigenvalue weighted by Gasteiger charge is -2.06.